The van der Waals surface area contributed by atoms with Crippen molar-refractivity contribution in [2.45, 2.75) is 72.5 Å². The van der Waals surface area contributed by atoms with Crippen molar-refractivity contribution in [3.8, 4) is 0 Å². The van der Waals surface area contributed by atoms with Gasteiger partial charge in [-0.3, -0.25) is 4.79 Å². The van der Waals surface area contributed by atoms with Crippen LogP contribution in [0.5, 0.6) is 0 Å². The van der Waals surface area contributed by atoms with Gasteiger partial charge in [0.1, 0.15) is 6.04 Å². The van der Waals surface area contributed by atoms with Crippen LogP contribution in [0.25, 0.3) is 0 Å². The molecule has 2 rings (SSSR count). The standard InChI is InChI=1S/C17H29N3O/c1-10(2)19-16(21)12(4)20-11(3)7-13-14(18)8-17(5,6)9-15(13)20/h7,10,12,14H,8-9,18H2,1-6H3,(H,19,21). The quantitative estimate of drug-likeness (QED) is 0.899. The molecule has 0 spiro atoms. The maximum atomic E-state index is 12.4. The molecule has 0 radical (unpaired) electrons. The van der Waals surface area contributed by atoms with Gasteiger partial charge in [-0.15, -0.1) is 0 Å². The number of nitrogens with one attached hydrogen (secondary N) is 1. The van der Waals surface area contributed by atoms with E-state index in [-0.39, 0.29) is 29.4 Å². The van der Waals surface area contributed by atoms with E-state index in [0.29, 0.717) is 0 Å². The molecule has 0 saturated heterocycles. The van der Waals surface area contributed by atoms with Gasteiger partial charge in [0, 0.05) is 23.5 Å². The summed E-state index contributed by atoms with van der Waals surface area (Å²) in [6.07, 6.45) is 1.97. The van der Waals surface area contributed by atoms with Crippen molar-refractivity contribution in [3.63, 3.8) is 0 Å². The molecule has 4 heteroatoms. The lowest BCUT2D eigenvalue weighted by atomic mass is 9.74. The minimum atomic E-state index is -0.197. The smallest absolute Gasteiger partial charge is 0.242 e. The van der Waals surface area contributed by atoms with Crippen LogP contribution < -0.4 is 11.1 Å². The molecule has 21 heavy (non-hydrogen) atoms. The van der Waals surface area contributed by atoms with E-state index in [0.717, 1.165) is 18.5 Å². The van der Waals surface area contributed by atoms with E-state index in [1.54, 1.807) is 0 Å². The molecule has 1 aliphatic rings. The van der Waals surface area contributed by atoms with E-state index in [1.165, 1.54) is 11.3 Å². The van der Waals surface area contributed by atoms with E-state index in [2.05, 4.69) is 36.7 Å². The minimum Gasteiger partial charge on any atom is -0.352 e. The third-order valence-electron chi connectivity index (χ3n) is 4.38. The van der Waals surface area contributed by atoms with Gasteiger partial charge in [-0.05, 0) is 57.6 Å². The molecule has 118 valence electrons. The molecule has 1 aliphatic carbocycles. The zero-order valence-corrected chi connectivity index (χ0v) is 14.2. The maximum absolute atomic E-state index is 12.4. The number of aromatic nitrogens is 1. The van der Waals surface area contributed by atoms with Crippen molar-refractivity contribution in [2.24, 2.45) is 11.1 Å². The number of aryl methyl sites for hydroxylation is 1. The Balaban J connectivity index is 2.40. The van der Waals surface area contributed by atoms with Gasteiger partial charge >= 0.3 is 0 Å². The maximum Gasteiger partial charge on any atom is 0.242 e. The molecule has 1 aromatic rings. The summed E-state index contributed by atoms with van der Waals surface area (Å²) < 4.78 is 2.17. The number of hydrogen-bond acceptors (Lipinski definition) is 2. The molecule has 0 bridgehead atoms. The molecule has 1 heterocycles. The van der Waals surface area contributed by atoms with Gasteiger partial charge in [0.05, 0.1) is 0 Å². The Hall–Kier alpha value is -1.29. The molecule has 1 amide bonds. The third-order valence-corrected chi connectivity index (χ3v) is 4.38. The van der Waals surface area contributed by atoms with Gasteiger partial charge in [-0.2, -0.15) is 0 Å². The number of nitrogens with two attached hydrogens (primary N) is 1. The van der Waals surface area contributed by atoms with Gasteiger partial charge in [-0.1, -0.05) is 13.8 Å². The lowest BCUT2D eigenvalue weighted by Crippen LogP contribution is -2.37. The Kier molecular flexibility index (Phi) is 4.20. The summed E-state index contributed by atoms with van der Waals surface area (Å²) in [6, 6.07) is 2.20. The summed E-state index contributed by atoms with van der Waals surface area (Å²) in [6.45, 7) is 12.5. The highest BCUT2D eigenvalue weighted by Gasteiger charge is 2.35. The SMILES string of the molecule is Cc1cc2c(n1C(C)C(=O)NC(C)C)CC(C)(C)CC2N. The van der Waals surface area contributed by atoms with Crippen LogP contribution in [-0.2, 0) is 11.2 Å². The van der Waals surface area contributed by atoms with E-state index >= 15 is 0 Å². The largest absolute Gasteiger partial charge is 0.352 e. The highest BCUT2D eigenvalue weighted by molar-refractivity contribution is 5.80. The van der Waals surface area contributed by atoms with Crippen molar-refractivity contribution in [2.75, 3.05) is 0 Å². The number of carbonyl (C=O) groups is 1. The summed E-state index contributed by atoms with van der Waals surface area (Å²) in [7, 11) is 0. The first-order valence-corrected chi connectivity index (χ1v) is 7.89. The Morgan fingerprint density at radius 1 is 1.43 bits per heavy atom. The number of amides is 1. The molecular formula is C17H29N3O. The molecule has 0 aromatic carbocycles. The number of fused-ring (bicyclic) bond motifs is 1. The Bertz CT molecular complexity index is 542. The topological polar surface area (TPSA) is 60.0 Å². The molecule has 3 N–H and O–H groups in total. The number of rotatable bonds is 3. The predicted molar refractivity (Wildman–Crippen MR) is 86.2 cm³/mol. The average molecular weight is 291 g/mol. The predicted octanol–water partition coefficient (Wildman–Crippen LogP) is 2.85. The first kappa shape index (κ1) is 16.1. The highest BCUT2D eigenvalue weighted by Crippen LogP contribution is 2.41. The minimum absolute atomic E-state index is 0.0726. The van der Waals surface area contributed by atoms with Crippen LogP contribution >= 0.6 is 0 Å². The highest BCUT2D eigenvalue weighted by atomic mass is 16.2. The third kappa shape index (κ3) is 3.15. The van der Waals surface area contributed by atoms with Crippen molar-refractivity contribution < 1.29 is 4.79 Å². The summed E-state index contributed by atoms with van der Waals surface area (Å²) in [4.78, 5) is 12.4. The molecule has 2 unspecified atom stereocenters. The van der Waals surface area contributed by atoms with E-state index in [4.69, 9.17) is 5.73 Å². The Labute approximate surface area is 128 Å². The van der Waals surface area contributed by atoms with Crippen LogP contribution in [0.1, 0.15) is 70.1 Å². The molecule has 2 atom stereocenters. The van der Waals surface area contributed by atoms with Gasteiger partial charge in [-0.25, -0.2) is 0 Å². The summed E-state index contributed by atoms with van der Waals surface area (Å²) in [5.41, 5.74) is 10.1. The monoisotopic (exact) mass is 291 g/mol. The summed E-state index contributed by atoms with van der Waals surface area (Å²) in [5, 5.41) is 3.01. The van der Waals surface area contributed by atoms with Crippen LogP contribution in [0.2, 0.25) is 0 Å². The fraction of sp³-hybridized carbons (Fsp3) is 0.706. The number of carbonyl (C=O) groups excluding carboxylic acids is 1. The number of hydrogen-bond donors (Lipinski definition) is 2. The van der Waals surface area contributed by atoms with E-state index < -0.39 is 0 Å². The lowest BCUT2D eigenvalue weighted by molar-refractivity contribution is -0.124. The van der Waals surface area contributed by atoms with Gasteiger partial charge in [0.25, 0.3) is 0 Å². The molecule has 0 saturated carbocycles. The first-order valence-electron chi connectivity index (χ1n) is 7.89. The first-order chi connectivity index (χ1) is 9.62. The zero-order valence-electron chi connectivity index (χ0n) is 14.2. The second kappa shape index (κ2) is 5.48. The Morgan fingerprint density at radius 3 is 2.62 bits per heavy atom. The van der Waals surface area contributed by atoms with Crippen molar-refractivity contribution in [3.05, 3.63) is 23.0 Å². The Morgan fingerprint density at radius 2 is 2.05 bits per heavy atom. The van der Waals surface area contributed by atoms with E-state index in [9.17, 15) is 4.79 Å². The van der Waals surface area contributed by atoms with E-state index in [1.807, 2.05) is 20.8 Å². The van der Waals surface area contributed by atoms with Gasteiger partial charge in [0.2, 0.25) is 5.91 Å². The zero-order chi connectivity index (χ0) is 15.9. The van der Waals surface area contributed by atoms with Crippen LogP contribution in [0.15, 0.2) is 6.07 Å². The number of nitrogens with zero attached hydrogens (tertiary/aromatic N) is 1. The molecule has 4 nitrogen and oxygen atoms in total. The molecule has 0 fully saturated rings. The normalized spacial score (nSPS) is 22.0. The van der Waals surface area contributed by atoms with Crippen LogP contribution in [0.4, 0.5) is 0 Å². The lowest BCUT2D eigenvalue weighted by Gasteiger charge is -2.35. The molecular weight excluding hydrogens is 262 g/mol. The molecule has 1 aromatic heterocycles. The molecule has 0 aliphatic heterocycles. The van der Waals surface area contributed by atoms with Gasteiger partial charge < -0.3 is 15.6 Å². The van der Waals surface area contributed by atoms with Gasteiger partial charge in [0.15, 0.2) is 0 Å². The average Bonchev–Trinajstić information content (AvgIpc) is 2.62. The summed E-state index contributed by atoms with van der Waals surface area (Å²) in [5.74, 6) is 0.0726. The van der Waals surface area contributed by atoms with Crippen LogP contribution in [0, 0.1) is 12.3 Å². The second-order valence-corrected chi connectivity index (χ2v) is 7.55. The fourth-order valence-electron chi connectivity index (χ4n) is 3.53. The summed E-state index contributed by atoms with van der Waals surface area (Å²) >= 11 is 0. The second-order valence-electron chi connectivity index (χ2n) is 7.55. The van der Waals surface area contributed by atoms with Crippen molar-refractivity contribution in [1.82, 2.24) is 9.88 Å². The van der Waals surface area contributed by atoms with Crippen molar-refractivity contribution in [1.29, 1.82) is 0 Å². The fourth-order valence-corrected chi connectivity index (χ4v) is 3.53. The van der Waals surface area contributed by atoms with Crippen LogP contribution in [0.3, 0.4) is 0 Å². The van der Waals surface area contributed by atoms with Crippen LogP contribution in [-0.4, -0.2) is 16.5 Å². The van der Waals surface area contributed by atoms with Crippen molar-refractivity contribution >= 4 is 5.91 Å².